The van der Waals surface area contributed by atoms with Crippen LogP contribution in [0.2, 0.25) is 0 Å². The van der Waals surface area contributed by atoms with Gasteiger partial charge in [-0.15, -0.1) is 0 Å². The second kappa shape index (κ2) is 7.34. The number of benzene rings is 2. The van der Waals surface area contributed by atoms with Gasteiger partial charge in [-0.1, -0.05) is 12.1 Å². The molecule has 0 aliphatic carbocycles. The molecule has 1 amide bonds. The summed E-state index contributed by atoms with van der Waals surface area (Å²) in [6.07, 6.45) is 0.0229. The van der Waals surface area contributed by atoms with E-state index in [2.05, 4.69) is 0 Å². The lowest BCUT2D eigenvalue weighted by molar-refractivity contribution is -0.143. The number of hydrogen-bond acceptors (Lipinski definition) is 4. The highest BCUT2D eigenvalue weighted by atomic mass is 19.1. The lowest BCUT2D eigenvalue weighted by Gasteiger charge is -2.36. The van der Waals surface area contributed by atoms with Crippen molar-refractivity contribution < 1.29 is 23.5 Å². The maximum absolute atomic E-state index is 13.2. The van der Waals surface area contributed by atoms with Gasteiger partial charge in [0.1, 0.15) is 18.2 Å². The maximum atomic E-state index is 13.2. The Hall–Kier alpha value is -2.89. The van der Waals surface area contributed by atoms with E-state index >= 15 is 0 Å². The number of anilines is 1. The van der Waals surface area contributed by atoms with Gasteiger partial charge in [0.15, 0.2) is 0 Å². The summed E-state index contributed by atoms with van der Waals surface area (Å²) in [6.45, 7) is 2.18. The van der Waals surface area contributed by atoms with Gasteiger partial charge in [0.2, 0.25) is 0 Å². The molecule has 25 heavy (non-hydrogen) atoms. The molecule has 0 unspecified atom stereocenters. The van der Waals surface area contributed by atoms with Gasteiger partial charge in [-0.2, -0.15) is 0 Å². The fraction of sp³-hybridized carbons (Fsp3) is 0.263. The molecule has 1 atom stereocenters. The summed E-state index contributed by atoms with van der Waals surface area (Å²) in [6, 6.07) is 12.0. The Bertz CT molecular complexity index is 775. The largest absolute Gasteiger partial charge is 0.489 e. The van der Waals surface area contributed by atoms with E-state index in [0.29, 0.717) is 17.0 Å². The predicted octanol–water partition coefficient (Wildman–Crippen LogP) is 3.19. The van der Waals surface area contributed by atoms with Crippen LogP contribution in [-0.4, -0.2) is 31.1 Å². The highest BCUT2D eigenvalue weighted by Crippen LogP contribution is 2.35. The van der Waals surface area contributed by atoms with E-state index in [0.717, 1.165) is 0 Å². The Balaban J connectivity index is 1.95. The van der Waals surface area contributed by atoms with Gasteiger partial charge in [-0.3, -0.25) is 14.5 Å². The number of amides is 1. The van der Waals surface area contributed by atoms with Crippen molar-refractivity contribution in [3.8, 4) is 5.75 Å². The van der Waals surface area contributed by atoms with Crippen molar-refractivity contribution in [1.29, 1.82) is 0 Å². The van der Waals surface area contributed by atoms with Crippen LogP contribution in [0.3, 0.4) is 0 Å². The Kier molecular flexibility index (Phi) is 4.97. The number of ether oxygens (including phenoxy) is 2. The van der Waals surface area contributed by atoms with Gasteiger partial charge >= 0.3 is 5.97 Å². The zero-order valence-corrected chi connectivity index (χ0v) is 13.8. The number of hydrogen-bond donors (Lipinski definition) is 0. The lowest BCUT2D eigenvalue weighted by Crippen LogP contribution is -2.48. The number of halogens is 1. The highest BCUT2D eigenvalue weighted by Gasteiger charge is 2.34. The Morgan fingerprint density at radius 1 is 1.20 bits per heavy atom. The third kappa shape index (κ3) is 3.63. The SMILES string of the molecule is CCOC(=O)C[C@H]1COc2ccccc2N1C(=O)c1ccc(F)cc1. The zero-order valence-electron chi connectivity index (χ0n) is 13.8. The summed E-state index contributed by atoms with van der Waals surface area (Å²) in [4.78, 5) is 26.5. The molecule has 0 aromatic heterocycles. The molecule has 5 nitrogen and oxygen atoms in total. The van der Waals surface area contributed by atoms with E-state index in [1.165, 1.54) is 29.2 Å². The van der Waals surface area contributed by atoms with Crippen LogP contribution in [0.4, 0.5) is 10.1 Å². The van der Waals surface area contributed by atoms with Gasteiger partial charge in [0.25, 0.3) is 5.91 Å². The second-order valence-electron chi connectivity index (χ2n) is 5.62. The number of carbonyl (C=O) groups excluding carboxylic acids is 2. The van der Waals surface area contributed by atoms with E-state index < -0.39 is 17.8 Å². The number of fused-ring (bicyclic) bond motifs is 1. The van der Waals surface area contributed by atoms with Crippen molar-refractivity contribution >= 4 is 17.6 Å². The molecular weight excluding hydrogens is 325 g/mol. The Morgan fingerprint density at radius 2 is 1.92 bits per heavy atom. The van der Waals surface area contributed by atoms with Gasteiger partial charge in [-0.05, 0) is 43.3 Å². The van der Waals surface area contributed by atoms with Crippen LogP contribution >= 0.6 is 0 Å². The van der Waals surface area contributed by atoms with Crippen molar-refractivity contribution in [1.82, 2.24) is 0 Å². The Morgan fingerprint density at radius 3 is 2.64 bits per heavy atom. The smallest absolute Gasteiger partial charge is 0.308 e. The quantitative estimate of drug-likeness (QED) is 0.800. The van der Waals surface area contributed by atoms with Crippen molar-refractivity contribution in [2.24, 2.45) is 0 Å². The first-order chi connectivity index (χ1) is 12.1. The molecule has 1 aliphatic rings. The summed E-state index contributed by atoms with van der Waals surface area (Å²) in [5.41, 5.74) is 0.921. The second-order valence-corrected chi connectivity index (χ2v) is 5.62. The molecule has 0 fully saturated rings. The summed E-state index contributed by atoms with van der Waals surface area (Å²) < 4.78 is 23.8. The summed E-state index contributed by atoms with van der Waals surface area (Å²) in [5.74, 6) is -0.558. The fourth-order valence-corrected chi connectivity index (χ4v) is 2.80. The van der Waals surface area contributed by atoms with Crippen LogP contribution in [0.15, 0.2) is 48.5 Å². The molecule has 1 aliphatic heterocycles. The van der Waals surface area contributed by atoms with E-state index in [4.69, 9.17) is 9.47 Å². The van der Waals surface area contributed by atoms with E-state index in [1.54, 1.807) is 25.1 Å². The van der Waals surface area contributed by atoms with Gasteiger partial charge in [0.05, 0.1) is 24.8 Å². The molecule has 0 radical (unpaired) electrons. The summed E-state index contributed by atoms with van der Waals surface area (Å²) in [7, 11) is 0. The van der Waals surface area contributed by atoms with Crippen LogP contribution < -0.4 is 9.64 Å². The number of rotatable bonds is 4. The first-order valence-electron chi connectivity index (χ1n) is 8.06. The first-order valence-corrected chi connectivity index (χ1v) is 8.06. The molecule has 2 aromatic carbocycles. The molecule has 0 saturated heterocycles. The van der Waals surface area contributed by atoms with Crippen LogP contribution in [0.25, 0.3) is 0 Å². The average Bonchev–Trinajstić information content (AvgIpc) is 2.62. The number of para-hydroxylation sites is 2. The average molecular weight is 343 g/mol. The summed E-state index contributed by atoms with van der Waals surface area (Å²) >= 11 is 0. The standard InChI is InChI=1S/C19H18FNO4/c1-2-24-18(22)11-15-12-25-17-6-4-3-5-16(17)21(15)19(23)13-7-9-14(20)10-8-13/h3-10,15H,2,11-12H2,1H3/t15-/m0/s1. The molecule has 0 bridgehead atoms. The van der Waals surface area contributed by atoms with Gasteiger partial charge in [-0.25, -0.2) is 4.39 Å². The molecule has 130 valence electrons. The van der Waals surface area contributed by atoms with Gasteiger partial charge in [0, 0.05) is 5.56 Å². The van der Waals surface area contributed by atoms with Crippen LogP contribution in [0, 0.1) is 5.82 Å². The van der Waals surface area contributed by atoms with Crippen molar-refractivity contribution in [2.75, 3.05) is 18.1 Å². The van der Waals surface area contributed by atoms with Crippen LogP contribution in [-0.2, 0) is 9.53 Å². The van der Waals surface area contributed by atoms with Crippen molar-refractivity contribution in [2.45, 2.75) is 19.4 Å². The lowest BCUT2D eigenvalue weighted by atomic mass is 10.1. The van der Waals surface area contributed by atoms with Crippen LogP contribution in [0.1, 0.15) is 23.7 Å². The molecule has 6 heteroatoms. The predicted molar refractivity (Wildman–Crippen MR) is 90.2 cm³/mol. The number of carbonyl (C=O) groups is 2. The molecule has 2 aromatic rings. The Labute approximate surface area is 145 Å². The van der Waals surface area contributed by atoms with E-state index in [-0.39, 0.29) is 25.5 Å². The van der Waals surface area contributed by atoms with Crippen molar-refractivity contribution in [3.05, 3.63) is 59.9 Å². The number of esters is 1. The minimum atomic E-state index is -0.494. The molecule has 0 saturated carbocycles. The minimum absolute atomic E-state index is 0.0229. The molecule has 3 rings (SSSR count). The van der Waals surface area contributed by atoms with E-state index in [1.807, 2.05) is 6.07 Å². The normalized spacial score (nSPS) is 15.9. The fourth-order valence-electron chi connectivity index (χ4n) is 2.80. The minimum Gasteiger partial charge on any atom is -0.489 e. The highest BCUT2D eigenvalue weighted by molar-refractivity contribution is 6.07. The maximum Gasteiger partial charge on any atom is 0.308 e. The molecule has 0 spiro atoms. The third-order valence-electron chi connectivity index (χ3n) is 3.94. The zero-order chi connectivity index (χ0) is 17.8. The monoisotopic (exact) mass is 343 g/mol. The third-order valence-corrected chi connectivity index (χ3v) is 3.94. The van der Waals surface area contributed by atoms with Crippen LogP contribution in [0.5, 0.6) is 5.75 Å². The van der Waals surface area contributed by atoms with E-state index in [9.17, 15) is 14.0 Å². The number of nitrogens with zero attached hydrogens (tertiary/aromatic N) is 1. The summed E-state index contributed by atoms with van der Waals surface area (Å²) in [5, 5.41) is 0. The van der Waals surface area contributed by atoms with Gasteiger partial charge < -0.3 is 9.47 Å². The first kappa shape index (κ1) is 17.0. The van der Waals surface area contributed by atoms with Crippen molar-refractivity contribution in [3.63, 3.8) is 0 Å². The molecular formula is C19H18FNO4. The molecule has 1 heterocycles. The molecule has 0 N–H and O–H groups in total. The topological polar surface area (TPSA) is 55.8 Å².